The molecule has 0 radical (unpaired) electrons. The van der Waals surface area contributed by atoms with Crippen molar-refractivity contribution in [3.8, 4) is 0 Å². The van der Waals surface area contributed by atoms with Crippen LogP contribution in [0.1, 0.15) is 19.3 Å². The Hall–Kier alpha value is -0.330. The monoisotopic (exact) mass is 288 g/mol. The van der Waals surface area contributed by atoms with Crippen LogP contribution in [0.15, 0.2) is 0 Å². The van der Waals surface area contributed by atoms with Crippen molar-refractivity contribution < 1.29 is 9.53 Å². The summed E-state index contributed by atoms with van der Waals surface area (Å²) >= 11 is 6.89. The van der Waals surface area contributed by atoms with Crippen LogP contribution in [0.4, 0.5) is 0 Å². The van der Waals surface area contributed by atoms with E-state index >= 15 is 0 Å². The van der Waals surface area contributed by atoms with Crippen molar-refractivity contribution in [3.05, 3.63) is 0 Å². The molecule has 2 heterocycles. The summed E-state index contributed by atoms with van der Waals surface area (Å²) in [5, 5.41) is 0. The largest absolute Gasteiger partial charge is 0.392 e. The maximum atomic E-state index is 12.2. The highest BCUT2D eigenvalue weighted by Crippen LogP contribution is 2.35. The second-order valence-corrected chi connectivity index (χ2v) is 6.58. The van der Waals surface area contributed by atoms with Crippen molar-refractivity contribution in [2.45, 2.75) is 24.0 Å². The van der Waals surface area contributed by atoms with Crippen LogP contribution in [0.5, 0.6) is 0 Å². The predicted octanol–water partition coefficient (Wildman–Crippen LogP) is 1.03. The van der Waals surface area contributed by atoms with Crippen LogP contribution in [-0.2, 0) is 9.53 Å². The summed E-state index contributed by atoms with van der Waals surface area (Å²) < 4.78 is 5.16. The molecule has 2 N–H and O–H groups in total. The number of amides is 1. The minimum Gasteiger partial charge on any atom is -0.392 e. The van der Waals surface area contributed by atoms with Crippen molar-refractivity contribution in [3.63, 3.8) is 0 Å². The summed E-state index contributed by atoms with van der Waals surface area (Å²) in [5.74, 6) is 0.307. The van der Waals surface area contributed by atoms with E-state index in [0.29, 0.717) is 18.2 Å². The highest BCUT2D eigenvalue weighted by atomic mass is 32.2. The molecule has 0 spiro atoms. The molecule has 2 saturated heterocycles. The summed E-state index contributed by atoms with van der Waals surface area (Å²) in [6, 6.07) is 0. The fraction of sp³-hybridized carbons (Fsp3) is 0.833. The average molecular weight is 288 g/mol. The molecule has 1 amide bonds. The molecule has 18 heavy (non-hydrogen) atoms. The van der Waals surface area contributed by atoms with E-state index in [1.165, 1.54) is 0 Å². The zero-order valence-electron chi connectivity index (χ0n) is 10.7. The zero-order valence-corrected chi connectivity index (χ0v) is 12.3. The van der Waals surface area contributed by atoms with Gasteiger partial charge in [0, 0.05) is 19.7 Å². The van der Waals surface area contributed by atoms with Gasteiger partial charge in [0.2, 0.25) is 5.91 Å². The van der Waals surface area contributed by atoms with Gasteiger partial charge in [0.1, 0.15) is 0 Å². The van der Waals surface area contributed by atoms with Crippen LogP contribution in [0.25, 0.3) is 0 Å². The molecule has 2 aliphatic rings. The Labute approximate surface area is 118 Å². The quantitative estimate of drug-likeness (QED) is 0.786. The Balaban J connectivity index is 1.93. The molecule has 2 aliphatic heterocycles. The number of ether oxygens (including phenoxy) is 1. The standard InChI is InChI=1S/C12H20N2O2S2/c1-18-12(11(13)17)3-5-14(6-4-12)10(15)9-2-7-16-8-9/h9H,2-8H2,1H3,(H2,13,17). The van der Waals surface area contributed by atoms with Gasteiger partial charge in [0.25, 0.3) is 0 Å². The minimum absolute atomic E-state index is 0.0663. The van der Waals surface area contributed by atoms with E-state index < -0.39 is 0 Å². The minimum atomic E-state index is -0.113. The van der Waals surface area contributed by atoms with Gasteiger partial charge in [-0.3, -0.25) is 4.79 Å². The molecule has 4 nitrogen and oxygen atoms in total. The van der Waals surface area contributed by atoms with E-state index in [-0.39, 0.29) is 16.6 Å². The van der Waals surface area contributed by atoms with E-state index in [2.05, 4.69) is 0 Å². The molecular weight excluding hydrogens is 268 g/mol. The number of hydrogen-bond donors (Lipinski definition) is 1. The molecule has 2 fully saturated rings. The lowest BCUT2D eigenvalue weighted by Crippen LogP contribution is -2.51. The molecule has 6 heteroatoms. The van der Waals surface area contributed by atoms with Gasteiger partial charge in [0.05, 0.1) is 22.3 Å². The molecule has 102 valence electrons. The number of thiocarbonyl (C=S) groups is 1. The molecular formula is C12H20N2O2S2. The van der Waals surface area contributed by atoms with Gasteiger partial charge in [0.15, 0.2) is 0 Å². The van der Waals surface area contributed by atoms with Crippen molar-refractivity contribution in [2.24, 2.45) is 11.7 Å². The molecule has 0 aromatic rings. The number of piperidine rings is 1. The molecule has 1 unspecified atom stereocenters. The third-order valence-electron chi connectivity index (χ3n) is 4.00. The van der Waals surface area contributed by atoms with Crippen LogP contribution in [0.3, 0.4) is 0 Å². The molecule has 0 saturated carbocycles. The van der Waals surface area contributed by atoms with Crippen LogP contribution >= 0.6 is 24.0 Å². The average Bonchev–Trinajstić information content (AvgIpc) is 2.91. The highest BCUT2D eigenvalue weighted by Gasteiger charge is 2.39. The highest BCUT2D eigenvalue weighted by molar-refractivity contribution is 8.02. The number of carbonyl (C=O) groups is 1. The molecule has 0 bridgehead atoms. The molecule has 0 aromatic carbocycles. The topological polar surface area (TPSA) is 55.6 Å². The lowest BCUT2D eigenvalue weighted by Gasteiger charge is -2.40. The van der Waals surface area contributed by atoms with Crippen LogP contribution in [0, 0.1) is 5.92 Å². The zero-order chi connectivity index (χ0) is 13.2. The fourth-order valence-corrected chi connectivity index (χ4v) is 3.87. The van der Waals surface area contributed by atoms with Gasteiger partial charge in [-0.05, 0) is 25.5 Å². The Bertz CT molecular complexity index is 335. The maximum Gasteiger partial charge on any atom is 0.228 e. The third-order valence-corrected chi connectivity index (χ3v) is 5.93. The Morgan fingerprint density at radius 2 is 2.17 bits per heavy atom. The lowest BCUT2D eigenvalue weighted by molar-refractivity contribution is -0.136. The molecule has 2 rings (SSSR count). The Kier molecular flexibility index (Phi) is 4.50. The van der Waals surface area contributed by atoms with E-state index in [0.717, 1.165) is 32.4 Å². The first-order valence-electron chi connectivity index (χ1n) is 6.30. The smallest absolute Gasteiger partial charge is 0.228 e. The Morgan fingerprint density at radius 1 is 1.50 bits per heavy atom. The summed E-state index contributed by atoms with van der Waals surface area (Å²) in [6.07, 6.45) is 4.63. The van der Waals surface area contributed by atoms with Gasteiger partial charge < -0.3 is 15.4 Å². The molecule has 0 aromatic heterocycles. The number of rotatable bonds is 3. The number of nitrogens with two attached hydrogens (primary N) is 1. The summed E-state index contributed by atoms with van der Waals surface area (Å²) in [6.45, 7) is 2.81. The van der Waals surface area contributed by atoms with Crippen molar-refractivity contribution >= 4 is 34.9 Å². The van der Waals surface area contributed by atoms with Gasteiger partial charge in [-0.15, -0.1) is 0 Å². The number of hydrogen-bond acceptors (Lipinski definition) is 4. The first-order valence-corrected chi connectivity index (χ1v) is 7.94. The number of likely N-dealkylation sites (tertiary alicyclic amines) is 1. The summed E-state index contributed by atoms with van der Waals surface area (Å²) in [4.78, 5) is 14.8. The van der Waals surface area contributed by atoms with E-state index in [1.807, 2.05) is 11.2 Å². The van der Waals surface area contributed by atoms with Crippen LogP contribution in [-0.4, -0.2) is 53.1 Å². The maximum absolute atomic E-state index is 12.2. The first-order chi connectivity index (χ1) is 8.59. The number of nitrogens with zero attached hydrogens (tertiary/aromatic N) is 1. The second kappa shape index (κ2) is 5.75. The Morgan fingerprint density at radius 3 is 2.61 bits per heavy atom. The molecule has 0 aliphatic carbocycles. The van der Waals surface area contributed by atoms with E-state index in [4.69, 9.17) is 22.7 Å². The van der Waals surface area contributed by atoms with Crippen LogP contribution in [0.2, 0.25) is 0 Å². The van der Waals surface area contributed by atoms with Gasteiger partial charge in [-0.1, -0.05) is 12.2 Å². The van der Waals surface area contributed by atoms with Crippen molar-refractivity contribution in [1.29, 1.82) is 0 Å². The lowest BCUT2D eigenvalue weighted by atomic mass is 9.94. The normalized spacial score (nSPS) is 27.2. The van der Waals surface area contributed by atoms with Crippen LogP contribution < -0.4 is 5.73 Å². The van der Waals surface area contributed by atoms with E-state index in [1.54, 1.807) is 11.8 Å². The predicted molar refractivity (Wildman–Crippen MR) is 77.8 cm³/mol. The number of carbonyl (C=O) groups excluding carboxylic acids is 1. The van der Waals surface area contributed by atoms with Gasteiger partial charge in [-0.2, -0.15) is 11.8 Å². The molecule has 1 atom stereocenters. The van der Waals surface area contributed by atoms with E-state index in [9.17, 15) is 4.79 Å². The first kappa shape index (κ1) is 14.1. The summed E-state index contributed by atoms with van der Waals surface area (Å²) in [7, 11) is 0. The van der Waals surface area contributed by atoms with Crippen molar-refractivity contribution in [2.75, 3.05) is 32.6 Å². The SMILES string of the molecule is CSC1(C(N)=S)CCN(C(=O)C2CCOC2)CC1. The third kappa shape index (κ3) is 2.65. The van der Waals surface area contributed by atoms with Crippen molar-refractivity contribution in [1.82, 2.24) is 4.90 Å². The number of thioether (sulfide) groups is 1. The van der Waals surface area contributed by atoms with Gasteiger partial charge in [-0.25, -0.2) is 0 Å². The second-order valence-electron chi connectivity index (χ2n) is 4.95. The van der Waals surface area contributed by atoms with Gasteiger partial charge >= 0.3 is 0 Å². The fourth-order valence-electron chi connectivity index (χ4n) is 2.63. The summed E-state index contributed by atoms with van der Waals surface area (Å²) in [5.41, 5.74) is 5.84.